The van der Waals surface area contributed by atoms with Crippen molar-refractivity contribution in [2.45, 2.75) is 44.6 Å². The predicted molar refractivity (Wildman–Crippen MR) is 90.9 cm³/mol. The zero-order chi connectivity index (χ0) is 18.1. The minimum Gasteiger partial charge on any atom is -0.491 e. The third-order valence-corrected chi connectivity index (χ3v) is 5.48. The molecule has 0 bridgehead atoms. The van der Waals surface area contributed by atoms with Gasteiger partial charge in [-0.15, -0.1) is 0 Å². The zero-order valence-electron chi connectivity index (χ0n) is 14.6. The molecule has 1 aromatic carbocycles. The lowest BCUT2D eigenvalue weighted by atomic mass is 9.73. The van der Waals surface area contributed by atoms with Gasteiger partial charge < -0.3 is 19.3 Å². The van der Waals surface area contributed by atoms with Gasteiger partial charge in [-0.05, 0) is 25.0 Å². The van der Waals surface area contributed by atoms with Gasteiger partial charge in [0, 0.05) is 12.5 Å². The predicted octanol–water partition coefficient (Wildman–Crippen LogP) is 1.86. The van der Waals surface area contributed by atoms with E-state index in [2.05, 4.69) is 0 Å². The van der Waals surface area contributed by atoms with E-state index in [9.17, 15) is 14.7 Å². The number of hydrogen-bond donors (Lipinski definition) is 1. The number of carbonyl (C=O) groups is 2. The summed E-state index contributed by atoms with van der Waals surface area (Å²) in [7, 11) is 0. The van der Waals surface area contributed by atoms with Crippen molar-refractivity contribution in [3.63, 3.8) is 0 Å². The van der Waals surface area contributed by atoms with Crippen LogP contribution >= 0.6 is 0 Å². The molecule has 1 aromatic rings. The summed E-state index contributed by atoms with van der Waals surface area (Å²) in [5, 5.41) is 10.3. The Bertz CT molecular complexity index is 712. The van der Waals surface area contributed by atoms with Crippen molar-refractivity contribution in [1.82, 2.24) is 4.90 Å². The van der Waals surface area contributed by atoms with Crippen molar-refractivity contribution < 1.29 is 28.9 Å². The fourth-order valence-electron chi connectivity index (χ4n) is 4.09. The van der Waals surface area contributed by atoms with Crippen LogP contribution in [0.25, 0.3) is 0 Å². The normalized spacial score (nSPS) is 22.1. The van der Waals surface area contributed by atoms with Gasteiger partial charge in [-0.3, -0.25) is 14.5 Å². The van der Waals surface area contributed by atoms with E-state index in [1.165, 1.54) is 4.90 Å². The van der Waals surface area contributed by atoms with Gasteiger partial charge in [0.15, 0.2) is 11.5 Å². The summed E-state index contributed by atoms with van der Waals surface area (Å²) in [6, 6.07) is 5.16. The van der Waals surface area contributed by atoms with Crippen molar-refractivity contribution >= 4 is 11.8 Å². The zero-order valence-corrected chi connectivity index (χ0v) is 14.6. The van der Waals surface area contributed by atoms with Gasteiger partial charge in [-0.1, -0.05) is 19.3 Å². The molecule has 7 nitrogen and oxygen atoms in total. The number of aliphatic hydroxyl groups is 1. The molecule has 0 radical (unpaired) electrons. The monoisotopic (exact) mass is 361 g/mol. The second-order valence-corrected chi connectivity index (χ2v) is 7.31. The third-order valence-electron chi connectivity index (χ3n) is 5.48. The van der Waals surface area contributed by atoms with Crippen LogP contribution in [0, 0.1) is 5.41 Å². The van der Waals surface area contributed by atoms with E-state index in [1.807, 2.05) is 0 Å². The fourth-order valence-corrected chi connectivity index (χ4v) is 4.09. The third kappa shape index (κ3) is 3.11. The number of carbonyl (C=O) groups excluding carboxylic acids is 2. The molecule has 2 fully saturated rings. The van der Waals surface area contributed by atoms with E-state index in [-0.39, 0.29) is 38.2 Å². The highest BCUT2D eigenvalue weighted by atomic mass is 16.7. The molecule has 7 heteroatoms. The van der Waals surface area contributed by atoms with Crippen molar-refractivity contribution in [3.05, 3.63) is 18.2 Å². The summed E-state index contributed by atoms with van der Waals surface area (Å²) >= 11 is 0. The van der Waals surface area contributed by atoms with Crippen LogP contribution < -0.4 is 14.2 Å². The van der Waals surface area contributed by atoms with Gasteiger partial charge >= 0.3 is 0 Å². The number of rotatable bonds is 5. The molecule has 4 rings (SSSR count). The van der Waals surface area contributed by atoms with Gasteiger partial charge in [-0.25, -0.2) is 0 Å². The van der Waals surface area contributed by atoms with Crippen molar-refractivity contribution in [3.8, 4) is 17.2 Å². The number of imide groups is 1. The molecule has 2 heterocycles. The number of likely N-dealkylation sites (tertiary alicyclic amines) is 1. The summed E-state index contributed by atoms with van der Waals surface area (Å²) in [5.74, 6) is 1.49. The highest BCUT2D eigenvalue weighted by Gasteiger charge is 2.51. The van der Waals surface area contributed by atoms with Gasteiger partial charge in [0.25, 0.3) is 0 Å². The maximum atomic E-state index is 12.8. The summed E-state index contributed by atoms with van der Waals surface area (Å²) in [6.07, 6.45) is 3.99. The topological polar surface area (TPSA) is 85.3 Å². The van der Waals surface area contributed by atoms with Gasteiger partial charge in [0.1, 0.15) is 18.5 Å². The summed E-state index contributed by atoms with van der Waals surface area (Å²) < 4.78 is 16.1. The second kappa shape index (κ2) is 6.79. The van der Waals surface area contributed by atoms with E-state index in [0.29, 0.717) is 17.2 Å². The van der Waals surface area contributed by atoms with Crippen LogP contribution in [-0.4, -0.2) is 47.9 Å². The van der Waals surface area contributed by atoms with E-state index in [4.69, 9.17) is 14.2 Å². The first-order chi connectivity index (χ1) is 12.6. The Labute approximate surface area is 151 Å². The van der Waals surface area contributed by atoms with Crippen LogP contribution in [0.2, 0.25) is 0 Å². The highest BCUT2D eigenvalue weighted by Crippen LogP contribution is 2.45. The van der Waals surface area contributed by atoms with Crippen LogP contribution in [0.15, 0.2) is 18.2 Å². The van der Waals surface area contributed by atoms with E-state index < -0.39 is 11.5 Å². The molecule has 1 N–H and O–H groups in total. The maximum absolute atomic E-state index is 12.8. The van der Waals surface area contributed by atoms with Crippen LogP contribution in [-0.2, 0) is 9.59 Å². The lowest BCUT2D eigenvalue weighted by Crippen LogP contribution is -2.42. The summed E-state index contributed by atoms with van der Waals surface area (Å²) in [6.45, 7) is 0.149. The molecule has 1 atom stereocenters. The summed E-state index contributed by atoms with van der Waals surface area (Å²) in [4.78, 5) is 26.3. The minimum atomic E-state index is -0.938. The molecule has 140 valence electrons. The Morgan fingerprint density at radius 2 is 1.92 bits per heavy atom. The largest absolute Gasteiger partial charge is 0.491 e. The Hall–Kier alpha value is -2.28. The molecule has 1 aliphatic carbocycles. The fraction of sp³-hybridized carbons (Fsp3) is 0.579. The van der Waals surface area contributed by atoms with Crippen LogP contribution in [0.4, 0.5) is 0 Å². The van der Waals surface area contributed by atoms with Crippen LogP contribution in [0.5, 0.6) is 17.2 Å². The van der Waals surface area contributed by atoms with Crippen molar-refractivity contribution in [2.75, 3.05) is 19.9 Å². The molecule has 0 aromatic heterocycles. The van der Waals surface area contributed by atoms with Crippen molar-refractivity contribution in [1.29, 1.82) is 0 Å². The number of fused-ring (bicyclic) bond motifs is 1. The van der Waals surface area contributed by atoms with Gasteiger partial charge in [-0.2, -0.15) is 0 Å². The van der Waals surface area contributed by atoms with Gasteiger partial charge in [0.05, 0.1) is 12.0 Å². The molecule has 1 saturated carbocycles. The standard InChI is InChI=1S/C19H23NO6/c21-13(11-24-14-4-5-15-16(8-14)26-12-25-15)10-20-17(22)9-19(18(20)23)6-2-1-3-7-19/h4-5,8,13,21H,1-3,6-7,9-12H2/t13-/m0/s1. The number of hydrogen-bond acceptors (Lipinski definition) is 6. The molecular formula is C19H23NO6. The maximum Gasteiger partial charge on any atom is 0.235 e. The minimum absolute atomic E-state index is 0.0102. The Morgan fingerprint density at radius 3 is 2.73 bits per heavy atom. The van der Waals surface area contributed by atoms with Crippen LogP contribution in [0.3, 0.4) is 0 Å². The molecular weight excluding hydrogens is 338 g/mol. The molecule has 26 heavy (non-hydrogen) atoms. The van der Waals surface area contributed by atoms with Crippen molar-refractivity contribution in [2.24, 2.45) is 5.41 Å². The Balaban J connectivity index is 1.33. The number of nitrogens with zero attached hydrogens (tertiary/aromatic N) is 1. The lowest BCUT2D eigenvalue weighted by molar-refractivity contribution is -0.144. The average molecular weight is 361 g/mol. The molecule has 3 aliphatic rings. The number of aliphatic hydroxyl groups excluding tert-OH is 1. The SMILES string of the molecule is O=C1CC2(CCCCC2)C(=O)N1C[C@H](O)COc1ccc2c(c1)OCO2. The Kier molecular flexibility index (Phi) is 4.48. The average Bonchev–Trinajstić information content (AvgIpc) is 3.19. The number of benzene rings is 1. The van der Waals surface area contributed by atoms with E-state index in [0.717, 1.165) is 32.1 Å². The van der Waals surface area contributed by atoms with Gasteiger partial charge in [0.2, 0.25) is 18.6 Å². The highest BCUT2D eigenvalue weighted by molar-refractivity contribution is 6.06. The number of amides is 2. The van der Waals surface area contributed by atoms with E-state index >= 15 is 0 Å². The first-order valence-electron chi connectivity index (χ1n) is 9.13. The number of ether oxygens (including phenoxy) is 3. The number of β-amino-alcohol motifs (C(OH)–C–C–N with tert-alkyl or cyclic N) is 1. The summed E-state index contributed by atoms with van der Waals surface area (Å²) in [5.41, 5.74) is -0.521. The molecule has 2 aliphatic heterocycles. The first-order valence-corrected chi connectivity index (χ1v) is 9.13. The first kappa shape index (κ1) is 17.1. The molecule has 2 amide bonds. The van der Waals surface area contributed by atoms with E-state index in [1.54, 1.807) is 18.2 Å². The van der Waals surface area contributed by atoms with Crippen LogP contribution in [0.1, 0.15) is 38.5 Å². The smallest absolute Gasteiger partial charge is 0.235 e. The lowest BCUT2D eigenvalue weighted by Gasteiger charge is -2.30. The molecule has 0 unspecified atom stereocenters. The second-order valence-electron chi connectivity index (χ2n) is 7.31. The quantitative estimate of drug-likeness (QED) is 0.806. The molecule has 1 spiro atoms. The molecule has 1 saturated heterocycles. The Morgan fingerprint density at radius 1 is 1.15 bits per heavy atom.